The largest absolute Gasteiger partial charge is 0.444 e. The van der Waals surface area contributed by atoms with Gasteiger partial charge in [-0.15, -0.1) is 0 Å². The topological polar surface area (TPSA) is 63.7 Å². The second-order valence-corrected chi connectivity index (χ2v) is 5.61. The lowest BCUT2D eigenvalue weighted by Crippen LogP contribution is -2.46. The van der Waals surface area contributed by atoms with Crippen LogP contribution in [0.4, 0.5) is 10.5 Å². The molecule has 0 bridgehead atoms. The van der Waals surface area contributed by atoms with Crippen molar-refractivity contribution >= 4 is 23.9 Å². The molecule has 0 aliphatic carbocycles. The Morgan fingerprint density at radius 1 is 1.12 bits per heavy atom. The summed E-state index contributed by atoms with van der Waals surface area (Å²) in [6.45, 7) is 0.139. The number of carbonyl (C=O) groups is 3. The second-order valence-electron chi connectivity index (χ2n) is 5.61. The standard InChI is InChI=1S/C19H17NO4/c21-11-10-15-12-18(22)16-8-4-5-9-17(16)20(15)19(23)24-13-14-6-2-1-3-7-14/h1-9,11,15H,10,12-13H2. The number of carbonyl (C=O) groups excluding carboxylic acids is 3. The molecule has 1 amide bonds. The van der Waals surface area contributed by atoms with E-state index in [1.165, 1.54) is 4.90 Å². The normalized spacial score (nSPS) is 16.4. The number of aldehydes is 1. The molecule has 5 nitrogen and oxygen atoms in total. The SMILES string of the molecule is O=CCC1CC(=O)c2ccccc2N1C(=O)OCc1ccccc1. The first-order valence-electron chi connectivity index (χ1n) is 7.76. The highest BCUT2D eigenvalue weighted by atomic mass is 16.6. The highest BCUT2D eigenvalue weighted by molar-refractivity contribution is 6.08. The van der Waals surface area contributed by atoms with Crippen molar-refractivity contribution < 1.29 is 19.1 Å². The van der Waals surface area contributed by atoms with E-state index >= 15 is 0 Å². The second kappa shape index (κ2) is 7.08. The molecule has 0 saturated heterocycles. The van der Waals surface area contributed by atoms with Crippen molar-refractivity contribution in [3.8, 4) is 0 Å². The fourth-order valence-electron chi connectivity index (χ4n) is 2.87. The molecular weight excluding hydrogens is 306 g/mol. The summed E-state index contributed by atoms with van der Waals surface area (Å²) in [5, 5.41) is 0. The van der Waals surface area contributed by atoms with Crippen LogP contribution in [-0.2, 0) is 16.1 Å². The molecule has 2 aromatic carbocycles. The van der Waals surface area contributed by atoms with Gasteiger partial charge in [-0.25, -0.2) is 4.79 Å². The number of fused-ring (bicyclic) bond motifs is 1. The Kier molecular flexibility index (Phi) is 4.70. The molecule has 2 aromatic rings. The van der Waals surface area contributed by atoms with Gasteiger partial charge in [-0.05, 0) is 17.7 Å². The van der Waals surface area contributed by atoms with E-state index < -0.39 is 12.1 Å². The number of rotatable bonds is 4. The molecule has 1 atom stereocenters. The van der Waals surface area contributed by atoms with Crippen molar-refractivity contribution in [3.63, 3.8) is 0 Å². The van der Waals surface area contributed by atoms with Gasteiger partial charge in [-0.2, -0.15) is 0 Å². The van der Waals surface area contributed by atoms with Crippen LogP contribution in [0.15, 0.2) is 54.6 Å². The molecule has 3 rings (SSSR count). The molecule has 1 aliphatic heterocycles. The summed E-state index contributed by atoms with van der Waals surface area (Å²) in [6.07, 6.45) is 0.394. The summed E-state index contributed by atoms with van der Waals surface area (Å²) in [5.41, 5.74) is 1.86. The first kappa shape index (κ1) is 15.9. The highest BCUT2D eigenvalue weighted by Gasteiger charge is 2.35. The van der Waals surface area contributed by atoms with Gasteiger partial charge in [-0.1, -0.05) is 42.5 Å². The first-order chi connectivity index (χ1) is 11.7. The number of hydrogen-bond acceptors (Lipinski definition) is 4. The predicted molar refractivity (Wildman–Crippen MR) is 89.0 cm³/mol. The van der Waals surface area contributed by atoms with Crippen molar-refractivity contribution in [1.82, 2.24) is 0 Å². The van der Waals surface area contributed by atoms with Crippen molar-refractivity contribution in [1.29, 1.82) is 0 Å². The lowest BCUT2D eigenvalue weighted by molar-refractivity contribution is -0.108. The number of para-hydroxylation sites is 1. The van der Waals surface area contributed by atoms with Crippen molar-refractivity contribution in [2.45, 2.75) is 25.5 Å². The quantitative estimate of drug-likeness (QED) is 0.809. The molecule has 1 unspecified atom stereocenters. The Morgan fingerprint density at radius 2 is 1.83 bits per heavy atom. The molecular formula is C19H17NO4. The molecule has 1 heterocycles. The van der Waals surface area contributed by atoms with Gasteiger partial charge >= 0.3 is 6.09 Å². The highest BCUT2D eigenvalue weighted by Crippen LogP contribution is 2.32. The molecule has 0 saturated carbocycles. The van der Waals surface area contributed by atoms with Gasteiger partial charge in [0.1, 0.15) is 12.9 Å². The van der Waals surface area contributed by atoms with Gasteiger partial charge in [0.05, 0.1) is 11.7 Å². The summed E-state index contributed by atoms with van der Waals surface area (Å²) >= 11 is 0. The average Bonchev–Trinajstić information content (AvgIpc) is 2.61. The van der Waals surface area contributed by atoms with Crippen molar-refractivity contribution in [2.75, 3.05) is 4.90 Å². The fraction of sp³-hybridized carbons (Fsp3) is 0.211. The third-order valence-corrected chi connectivity index (χ3v) is 4.02. The van der Waals surface area contributed by atoms with E-state index in [-0.39, 0.29) is 25.2 Å². The number of Topliss-reactive ketones (excluding diaryl/α,β-unsaturated/α-hetero) is 1. The predicted octanol–water partition coefficient (Wildman–Crippen LogP) is 3.37. The van der Waals surface area contributed by atoms with E-state index in [9.17, 15) is 14.4 Å². The van der Waals surface area contributed by atoms with Crippen LogP contribution in [0, 0.1) is 0 Å². The Hall–Kier alpha value is -2.95. The Bertz CT molecular complexity index is 757. The average molecular weight is 323 g/mol. The van der Waals surface area contributed by atoms with Gasteiger partial charge in [0.25, 0.3) is 0 Å². The number of ketones is 1. The van der Waals surface area contributed by atoms with Gasteiger partial charge in [-0.3, -0.25) is 9.69 Å². The fourth-order valence-corrected chi connectivity index (χ4v) is 2.87. The lowest BCUT2D eigenvalue weighted by atomic mass is 9.93. The van der Waals surface area contributed by atoms with Gasteiger partial charge < -0.3 is 9.53 Å². The lowest BCUT2D eigenvalue weighted by Gasteiger charge is -2.34. The van der Waals surface area contributed by atoms with Gasteiger partial charge in [0, 0.05) is 18.4 Å². The van der Waals surface area contributed by atoms with Crippen LogP contribution < -0.4 is 4.90 Å². The minimum absolute atomic E-state index is 0.0652. The van der Waals surface area contributed by atoms with Gasteiger partial charge in [0.15, 0.2) is 5.78 Å². The minimum Gasteiger partial charge on any atom is -0.444 e. The van der Waals surface area contributed by atoms with E-state index in [4.69, 9.17) is 4.74 Å². The Balaban J connectivity index is 1.84. The maximum atomic E-state index is 12.6. The molecule has 122 valence electrons. The Labute approximate surface area is 139 Å². The zero-order chi connectivity index (χ0) is 16.9. The number of anilines is 1. The van der Waals surface area contributed by atoms with Crippen LogP contribution in [0.5, 0.6) is 0 Å². The summed E-state index contributed by atoms with van der Waals surface area (Å²) in [6, 6.07) is 15.7. The molecule has 0 radical (unpaired) electrons. The molecule has 5 heteroatoms. The number of hydrogen-bond donors (Lipinski definition) is 0. The van der Waals surface area contributed by atoms with E-state index in [0.29, 0.717) is 11.3 Å². The maximum absolute atomic E-state index is 12.6. The Morgan fingerprint density at radius 3 is 2.58 bits per heavy atom. The van der Waals surface area contributed by atoms with E-state index in [2.05, 4.69) is 0 Å². The molecule has 0 aromatic heterocycles. The molecule has 0 fully saturated rings. The van der Waals surface area contributed by atoms with E-state index in [1.807, 2.05) is 30.3 Å². The maximum Gasteiger partial charge on any atom is 0.414 e. The van der Waals surface area contributed by atoms with Gasteiger partial charge in [0.2, 0.25) is 0 Å². The number of benzene rings is 2. The third kappa shape index (κ3) is 3.20. The van der Waals surface area contributed by atoms with Crippen LogP contribution in [0.3, 0.4) is 0 Å². The smallest absolute Gasteiger partial charge is 0.414 e. The van der Waals surface area contributed by atoms with Crippen LogP contribution in [0.2, 0.25) is 0 Å². The van der Waals surface area contributed by atoms with E-state index in [0.717, 1.165) is 11.8 Å². The summed E-state index contributed by atoms with van der Waals surface area (Å²) in [5.74, 6) is -0.0652. The van der Waals surface area contributed by atoms with Crippen LogP contribution in [0.1, 0.15) is 28.8 Å². The molecule has 0 spiro atoms. The number of ether oxygens (including phenoxy) is 1. The summed E-state index contributed by atoms with van der Waals surface area (Å²) in [4.78, 5) is 37.2. The van der Waals surface area contributed by atoms with Crippen LogP contribution in [-0.4, -0.2) is 24.2 Å². The van der Waals surface area contributed by atoms with Crippen molar-refractivity contribution in [3.05, 3.63) is 65.7 Å². The zero-order valence-corrected chi connectivity index (χ0v) is 13.1. The monoisotopic (exact) mass is 323 g/mol. The van der Waals surface area contributed by atoms with Crippen molar-refractivity contribution in [2.24, 2.45) is 0 Å². The first-order valence-corrected chi connectivity index (χ1v) is 7.76. The molecule has 1 aliphatic rings. The summed E-state index contributed by atoms with van der Waals surface area (Å²) < 4.78 is 5.40. The molecule has 24 heavy (non-hydrogen) atoms. The zero-order valence-electron chi connectivity index (χ0n) is 13.1. The number of nitrogens with zero attached hydrogens (tertiary/aromatic N) is 1. The van der Waals surface area contributed by atoms with E-state index in [1.54, 1.807) is 24.3 Å². The van der Waals surface area contributed by atoms with Crippen LogP contribution in [0.25, 0.3) is 0 Å². The van der Waals surface area contributed by atoms with Crippen LogP contribution >= 0.6 is 0 Å². The summed E-state index contributed by atoms with van der Waals surface area (Å²) in [7, 11) is 0. The number of amides is 1. The minimum atomic E-state index is -0.550. The molecule has 0 N–H and O–H groups in total. The third-order valence-electron chi connectivity index (χ3n) is 4.02.